The van der Waals surface area contributed by atoms with Crippen molar-refractivity contribution in [3.8, 4) is 11.6 Å². The third-order valence-corrected chi connectivity index (χ3v) is 5.71. The molecule has 3 aromatic rings. The summed E-state index contributed by atoms with van der Waals surface area (Å²) >= 11 is 3.45. The van der Waals surface area contributed by atoms with E-state index in [1.807, 2.05) is 55.5 Å². The summed E-state index contributed by atoms with van der Waals surface area (Å²) in [6.45, 7) is 3.44. The fraction of sp³-hybridized carbons (Fsp3) is 0.261. The van der Waals surface area contributed by atoms with Crippen LogP contribution in [0.25, 0.3) is 0 Å². The molecule has 1 N–H and O–H groups in total. The Balaban J connectivity index is 1.39. The first-order chi connectivity index (χ1) is 14.6. The minimum Gasteiger partial charge on any atom is -0.436 e. The van der Waals surface area contributed by atoms with Crippen LogP contribution >= 0.6 is 15.9 Å². The van der Waals surface area contributed by atoms with Crippen molar-refractivity contribution < 1.29 is 9.53 Å². The molecule has 1 aromatic heterocycles. The zero-order valence-corrected chi connectivity index (χ0v) is 18.3. The van der Waals surface area contributed by atoms with E-state index in [2.05, 4.69) is 36.1 Å². The molecule has 2 heterocycles. The number of aryl methyl sites for hydroxylation is 1. The summed E-state index contributed by atoms with van der Waals surface area (Å²) in [5, 5.41) is 3.07. The largest absolute Gasteiger partial charge is 0.436 e. The Morgan fingerprint density at radius 2 is 1.83 bits per heavy atom. The molecule has 1 amide bonds. The number of hydrogen-bond donors (Lipinski definition) is 1. The first-order valence-corrected chi connectivity index (χ1v) is 10.8. The molecular formula is C23H23BrN4O2. The van der Waals surface area contributed by atoms with Crippen LogP contribution in [-0.4, -0.2) is 29.0 Å². The number of benzene rings is 2. The number of rotatable bonds is 5. The molecule has 0 unspecified atom stereocenters. The zero-order chi connectivity index (χ0) is 20.9. The molecule has 0 bridgehead atoms. The van der Waals surface area contributed by atoms with Crippen molar-refractivity contribution in [3.63, 3.8) is 0 Å². The molecule has 0 radical (unpaired) electrons. The van der Waals surface area contributed by atoms with Crippen molar-refractivity contribution in [1.29, 1.82) is 0 Å². The van der Waals surface area contributed by atoms with Gasteiger partial charge in [-0.05, 0) is 55.7 Å². The number of amides is 1. The lowest BCUT2D eigenvalue weighted by Gasteiger charge is -2.32. The van der Waals surface area contributed by atoms with E-state index in [-0.39, 0.29) is 11.8 Å². The Kier molecular flexibility index (Phi) is 6.28. The zero-order valence-electron chi connectivity index (χ0n) is 16.7. The number of nitrogens with one attached hydrogen (secondary N) is 1. The van der Waals surface area contributed by atoms with Gasteiger partial charge in [-0.1, -0.05) is 34.1 Å². The van der Waals surface area contributed by atoms with Gasteiger partial charge in [0.25, 0.3) is 5.88 Å². The van der Waals surface area contributed by atoms with E-state index in [0.29, 0.717) is 11.7 Å². The fourth-order valence-electron chi connectivity index (χ4n) is 3.56. The summed E-state index contributed by atoms with van der Waals surface area (Å²) < 4.78 is 6.94. The van der Waals surface area contributed by atoms with Crippen LogP contribution in [-0.2, 0) is 4.79 Å². The van der Waals surface area contributed by atoms with Gasteiger partial charge in [0.05, 0.1) is 0 Å². The van der Waals surface area contributed by atoms with Crippen molar-refractivity contribution in [3.05, 3.63) is 71.0 Å². The van der Waals surface area contributed by atoms with E-state index >= 15 is 0 Å². The monoisotopic (exact) mass is 466 g/mol. The summed E-state index contributed by atoms with van der Waals surface area (Å²) in [6, 6.07) is 15.4. The van der Waals surface area contributed by atoms with E-state index < -0.39 is 0 Å². The predicted molar refractivity (Wildman–Crippen MR) is 121 cm³/mol. The normalized spacial score (nSPS) is 14.4. The van der Waals surface area contributed by atoms with Crippen LogP contribution < -0.4 is 15.0 Å². The van der Waals surface area contributed by atoms with Crippen LogP contribution in [0.4, 0.5) is 11.5 Å². The molecule has 7 heteroatoms. The maximum atomic E-state index is 12.8. The third kappa shape index (κ3) is 4.79. The SMILES string of the molecule is Cc1cc(Br)ccc1NC(=O)C1CCN(c2nccnc2Oc2ccccc2)CC1. The summed E-state index contributed by atoms with van der Waals surface area (Å²) in [6.07, 6.45) is 4.80. The van der Waals surface area contributed by atoms with Gasteiger partial charge in [-0.2, -0.15) is 0 Å². The summed E-state index contributed by atoms with van der Waals surface area (Å²) in [7, 11) is 0. The van der Waals surface area contributed by atoms with Crippen LogP contribution in [0.1, 0.15) is 18.4 Å². The number of ether oxygens (including phenoxy) is 1. The highest BCUT2D eigenvalue weighted by molar-refractivity contribution is 9.10. The molecule has 0 aliphatic carbocycles. The number of halogens is 1. The molecule has 1 aliphatic heterocycles. The maximum absolute atomic E-state index is 12.8. The van der Waals surface area contributed by atoms with Crippen molar-refractivity contribution >= 4 is 33.3 Å². The number of aromatic nitrogens is 2. The number of para-hydroxylation sites is 1. The topological polar surface area (TPSA) is 67.4 Å². The van der Waals surface area contributed by atoms with Gasteiger partial charge in [0.2, 0.25) is 5.91 Å². The average molecular weight is 467 g/mol. The fourth-order valence-corrected chi connectivity index (χ4v) is 4.04. The van der Waals surface area contributed by atoms with Gasteiger partial charge in [0.1, 0.15) is 5.75 Å². The number of carbonyl (C=O) groups is 1. The maximum Gasteiger partial charge on any atom is 0.263 e. The van der Waals surface area contributed by atoms with E-state index in [1.165, 1.54) is 0 Å². The molecule has 6 nitrogen and oxygen atoms in total. The number of hydrogen-bond acceptors (Lipinski definition) is 5. The molecule has 1 fully saturated rings. The summed E-state index contributed by atoms with van der Waals surface area (Å²) in [4.78, 5) is 23.8. The molecule has 0 spiro atoms. The highest BCUT2D eigenvalue weighted by atomic mass is 79.9. The molecular weight excluding hydrogens is 444 g/mol. The Labute approximate surface area is 184 Å². The molecule has 154 valence electrons. The highest BCUT2D eigenvalue weighted by Crippen LogP contribution is 2.31. The molecule has 2 aromatic carbocycles. The molecule has 1 saturated heterocycles. The number of nitrogens with zero attached hydrogens (tertiary/aromatic N) is 3. The van der Waals surface area contributed by atoms with Crippen LogP contribution in [0.3, 0.4) is 0 Å². The van der Waals surface area contributed by atoms with Crippen LogP contribution in [0.5, 0.6) is 11.6 Å². The van der Waals surface area contributed by atoms with Gasteiger partial charge < -0.3 is 15.0 Å². The Hall–Kier alpha value is -2.93. The van der Waals surface area contributed by atoms with E-state index in [0.717, 1.165) is 47.4 Å². The van der Waals surface area contributed by atoms with Crippen LogP contribution in [0, 0.1) is 12.8 Å². The predicted octanol–water partition coefficient (Wildman–Crippen LogP) is 5.19. The molecule has 30 heavy (non-hydrogen) atoms. The molecule has 0 atom stereocenters. The lowest BCUT2D eigenvalue weighted by Crippen LogP contribution is -2.38. The van der Waals surface area contributed by atoms with Gasteiger partial charge >= 0.3 is 0 Å². The van der Waals surface area contributed by atoms with E-state index in [4.69, 9.17) is 4.74 Å². The lowest BCUT2D eigenvalue weighted by molar-refractivity contribution is -0.120. The first kappa shape index (κ1) is 20.3. The van der Waals surface area contributed by atoms with Crippen molar-refractivity contribution in [1.82, 2.24) is 9.97 Å². The Morgan fingerprint density at radius 1 is 1.10 bits per heavy atom. The van der Waals surface area contributed by atoms with E-state index in [9.17, 15) is 4.79 Å². The van der Waals surface area contributed by atoms with Crippen molar-refractivity contribution in [2.45, 2.75) is 19.8 Å². The minimum atomic E-state index is -0.0283. The standard InChI is InChI=1S/C23H23BrN4O2/c1-16-15-18(24)7-8-20(16)27-22(29)17-9-13-28(14-10-17)21-23(26-12-11-25-21)30-19-5-3-2-4-6-19/h2-8,11-12,15,17H,9-10,13-14H2,1H3,(H,27,29). The minimum absolute atomic E-state index is 0.0283. The Morgan fingerprint density at radius 3 is 2.57 bits per heavy atom. The average Bonchev–Trinajstić information content (AvgIpc) is 2.77. The smallest absolute Gasteiger partial charge is 0.263 e. The second-order valence-corrected chi connectivity index (χ2v) is 8.23. The Bertz CT molecular complexity index is 1020. The van der Waals surface area contributed by atoms with Crippen molar-refractivity contribution in [2.24, 2.45) is 5.92 Å². The summed E-state index contributed by atoms with van der Waals surface area (Å²) in [5.74, 6) is 1.96. The van der Waals surface area contributed by atoms with Crippen LogP contribution in [0.2, 0.25) is 0 Å². The summed E-state index contributed by atoms with van der Waals surface area (Å²) in [5.41, 5.74) is 1.90. The third-order valence-electron chi connectivity index (χ3n) is 5.22. The number of carbonyl (C=O) groups excluding carboxylic acids is 1. The van der Waals surface area contributed by atoms with Gasteiger partial charge in [0.15, 0.2) is 5.82 Å². The number of anilines is 2. The lowest BCUT2D eigenvalue weighted by atomic mass is 9.95. The van der Waals surface area contributed by atoms with Crippen molar-refractivity contribution in [2.75, 3.05) is 23.3 Å². The second kappa shape index (κ2) is 9.26. The first-order valence-electron chi connectivity index (χ1n) is 9.96. The number of piperidine rings is 1. The molecule has 4 rings (SSSR count). The van der Waals surface area contributed by atoms with Gasteiger partial charge in [-0.15, -0.1) is 0 Å². The quantitative estimate of drug-likeness (QED) is 0.559. The molecule has 0 saturated carbocycles. The van der Waals surface area contributed by atoms with Gasteiger partial charge in [-0.25, -0.2) is 9.97 Å². The highest BCUT2D eigenvalue weighted by Gasteiger charge is 2.27. The van der Waals surface area contributed by atoms with Gasteiger partial charge in [0, 0.05) is 41.6 Å². The second-order valence-electron chi connectivity index (χ2n) is 7.31. The molecule has 1 aliphatic rings. The van der Waals surface area contributed by atoms with Gasteiger partial charge in [-0.3, -0.25) is 4.79 Å². The van der Waals surface area contributed by atoms with Crippen LogP contribution in [0.15, 0.2) is 65.4 Å². The van der Waals surface area contributed by atoms with E-state index in [1.54, 1.807) is 12.4 Å².